The molecule has 0 saturated carbocycles. The van der Waals surface area contributed by atoms with Crippen LogP contribution in [0.2, 0.25) is 0 Å². The minimum absolute atomic E-state index is 0.138. The number of carbonyl (C=O) groups is 3. The lowest BCUT2D eigenvalue weighted by molar-refractivity contribution is -0.0115. The molecule has 0 radical (unpaired) electrons. The van der Waals surface area contributed by atoms with Gasteiger partial charge in [-0.3, -0.25) is 14.6 Å². The Bertz CT molecular complexity index is 1610. The van der Waals surface area contributed by atoms with Crippen molar-refractivity contribution >= 4 is 29.2 Å². The second-order valence-electron chi connectivity index (χ2n) is 12.6. The zero-order valence-corrected chi connectivity index (χ0v) is 28.4. The highest BCUT2D eigenvalue weighted by molar-refractivity contribution is 6.05. The van der Waals surface area contributed by atoms with Gasteiger partial charge in [0.2, 0.25) is 6.79 Å². The third-order valence-electron chi connectivity index (χ3n) is 8.68. The van der Waals surface area contributed by atoms with Gasteiger partial charge in [0.05, 0.1) is 30.4 Å². The molecule has 4 atom stereocenters. The number of ether oxygens (including phenoxy) is 4. The monoisotopic (exact) mass is 675 g/mol. The van der Waals surface area contributed by atoms with Gasteiger partial charge in [-0.25, -0.2) is 4.79 Å². The van der Waals surface area contributed by atoms with Crippen molar-refractivity contribution in [2.45, 2.75) is 58.3 Å². The molecular formula is C36H45N5O8. The standard InChI is InChI=1S/C36H45N5O8/c1-23-19-41(24(2)21-42)35(44)29-17-27(38-34(43)26-12-14-37-15-13-26)8-10-30(29)49-25(3)7-5-6-16-46-33(23)20-40(4)36(45)39-28-9-11-31-32(18-28)48-22-47-31/h8-15,17-18,23-25,33,42H,5-7,16,19-22H2,1-4H3,(H,38,43)(H,39,45)/t23-,24+,25-,33+/m0/s1. The number of aromatic nitrogens is 1. The summed E-state index contributed by atoms with van der Waals surface area (Å²) in [5.74, 6) is 0.646. The molecule has 49 heavy (non-hydrogen) atoms. The summed E-state index contributed by atoms with van der Waals surface area (Å²) in [5.41, 5.74) is 1.69. The third kappa shape index (κ3) is 9.18. The average molecular weight is 676 g/mol. The number of hydrogen-bond donors (Lipinski definition) is 3. The third-order valence-corrected chi connectivity index (χ3v) is 8.68. The number of aliphatic hydroxyl groups excluding tert-OH is 1. The van der Waals surface area contributed by atoms with Crippen LogP contribution in [0.4, 0.5) is 16.2 Å². The molecule has 0 unspecified atom stereocenters. The number of aliphatic hydroxyl groups is 1. The van der Waals surface area contributed by atoms with Crippen LogP contribution in [0.1, 0.15) is 60.7 Å². The first-order valence-corrected chi connectivity index (χ1v) is 16.6. The Morgan fingerprint density at radius 3 is 2.47 bits per heavy atom. The number of carbonyl (C=O) groups excluding carboxylic acids is 3. The number of nitrogens with zero attached hydrogens (tertiary/aromatic N) is 3. The van der Waals surface area contributed by atoms with E-state index in [0.717, 1.165) is 19.3 Å². The topological polar surface area (TPSA) is 152 Å². The predicted octanol–water partition coefficient (Wildman–Crippen LogP) is 5.02. The quantitative estimate of drug-likeness (QED) is 0.314. The maximum Gasteiger partial charge on any atom is 0.321 e. The molecule has 3 aromatic rings. The van der Waals surface area contributed by atoms with Crippen molar-refractivity contribution in [2.75, 3.05) is 50.8 Å². The van der Waals surface area contributed by atoms with Gasteiger partial charge in [-0.1, -0.05) is 6.92 Å². The van der Waals surface area contributed by atoms with Crippen molar-refractivity contribution in [2.24, 2.45) is 5.92 Å². The van der Waals surface area contributed by atoms with Crippen LogP contribution in [0.5, 0.6) is 17.2 Å². The fraction of sp³-hybridized carbons (Fsp3) is 0.444. The fourth-order valence-electron chi connectivity index (χ4n) is 5.72. The highest BCUT2D eigenvalue weighted by Gasteiger charge is 2.31. The van der Waals surface area contributed by atoms with Gasteiger partial charge in [0.15, 0.2) is 11.5 Å². The van der Waals surface area contributed by atoms with E-state index in [4.69, 9.17) is 18.9 Å². The number of likely N-dealkylation sites (N-methyl/N-ethyl adjacent to an activating group) is 1. The van der Waals surface area contributed by atoms with Gasteiger partial charge in [-0.05, 0) is 75.6 Å². The molecule has 13 heteroatoms. The van der Waals surface area contributed by atoms with Gasteiger partial charge in [0, 0.05) is 68.1 Å². The first-order chi connectivity index (χ1) is 23.6. The SMILES string of the molecule is C[C@H](CO)N1C[C@H](C)[C@@H](CN(C)C(=O)Nc2ccc3c(c2)OCO3)OCCCC[C@H](C)Oc2ccc(NC(=O)c3ccncc3)cc2C1=O. The van der Waals surface area contributed by atoms with E-state index in [9.17, 15) is 19.5 Å². The number of pyridine rings is 1. The lowest BCUT2D eigenvalue weighted by Crippen LogP contribution is -2.48. The van der Waals surface area contributed by atoms with E-state index in [2.05, 4.69) is 15.6 Å². The van der Waals surface area contributed by atoms with Gasteiger partial charge in [-0.2, -0.15) is 0 Å². The molecular weight excluding hydrogens is 630 g/mol. The summed E-state index contributed by atoms with van der Waals surface area (Å²) in [7, 11) is 1.69. The number of rotatable bonds is 7. The first-order valence-electron chi connectivity index (χ1n) is 16.6. The normalized spacial score (nSPS) is 20.3. The van der Waals surface area contributed by atoms with Crippen LogP contribution in [0.15, 0.2) is 60.9 Å². The average Bonchev–Trinajstić information content (AvgIpc) is 3.58. The number of benzene rings is 2. The van der Waals surface area contributed by atoms with Crippen LogP contribution < -0.4 is 24.8 Å². The summed E-state index contributed by atoms with van der Waals surface area (Å²) in [6.45, 7) is 6.52. The van der Waals surface area contributed by atoms with Gasteiger partial charge in [0.1, 0.15) is 5.75 Å². The minimum atomic E-state index is -0.545. The van der Waals surface area contributed by atoms with Gasteiger partial charge in [-0.15, -0.1) is 0 Å². The van der Waals surface area contributed by atoms with Gasteiger partial charge in [0.25, 0.3) is 11.8 Å². The second-order valence-corrected chi connectivity index (χ2v) is 12.6. The van der Waals surface area contributed by atoms with Crippen LogP contribution >= 0.6 is 0 Å². The highest BCUT2D eigenvalue weighted by atomic mass is 16.7. The molecule has 2 aromatic carbocycles. The number of nitrogens with one attached hydrogen (secondary N) is 2. The molecule has 1 aromatic heterocycles. The van der Waals surface area contributed by atoms with E-state index < -0.39 is 12.1 Å². The smallest absolute Gasteiger partial charge is 0.321 e. The van der Waals surface area contributed by atoms with E-state index in [1.54, 1.807) is 72.3 Å². The maximum absolute atomic E-state index is 14.4. The van der Waals surface area contributed by atoms with E-state index >= 15 is 0 Å². The van der Waals surface area contributed by atoms with Crippen molar-refractivity contribution in [1.82, 2.24) is 14.8 Å². The van der Waals surface area contributed by atoms with Crippen LogP contribution in [-0.4, -0.2) is 96.1 Å². The number of anilines is 2. The van der Waals surface area contributed by atoms with E-state index in [-0.39, 0.29) is 61.9 Å². The first kappa shape index (κ1) is 35.4. The molecule has 3 N–H and O–H groups in total. The van der Waals surface area contributed by atoms with Crippen molar-refractivity contribution in [1.29, 1.82) is 0 Å². The van der Waals surface area contributed by atoms with E-state index in [0.29, 0.717) is 40.8 Å². The Labute approximate surface area is 286 Å². The Balaban J connectivity index is 1.36. The predicted molar refractivity (Wildman–Crippen MR) is 183 cm³/mol. The molecule has 262 valence electrons. The fourth-order valence-corrected chi connectivity index (χ4v) is 5.72. The lowest BCUT2D eigenvalue weighted by Gasteiger charge is -2.35. The Hall–Kier alpha value is -4.88. The summed E-state index contributed by atoms with van der Waals surface area (Å²) < 4.78 is 23.5. The number of amides is 4. The van der Waals surface area contributed by atoms with Crippen molar-refractivity contribution in [3.05, 3.63) is 72.1 Å². The van der Waals surface area contributed by atoms with E-state index in [1.807, 2.05) is 13.8 Å². The summed E-state index contributed by atoms with van der Waals surface area (Å²) >= 11 is 0. The molecule has 13 nitrogen and oxygen atoms in total. The van der Waals surface area contributed by atoms with Crippen molar-refractivity contribution < 1.29 is 38.4 Å². The summed E-state index contributed by atoms with van der Waals surface area (Å²) in [6.07, 6.45) is 4.80. The summed E-state index contributed by atoms with van der Waals surface area (Å²) in [5, 5.41) is 16.0. The molecule has 2 aliphatic heterocycles. The van der Waals surface area contributed by atoms with E-state index in [1.165, 1.54) is 12.4 Å². The van der Waals surface area contributed by atoms with Crippen molar-refractivity contribution in [3.8, 4) is 17.2 Å². The Kier molecular flexibility index (Phi) is 11.9. The molecule has 0 spiro atoms. The summed E-state index contributed by atoms with van der Waals surface area (Å²) in [6, 6.07) is 12.6. The van der Waals surface area contributed by atoms with Gasteiger partial charge >= 0.3 is 6.03 Å². The summed E-state index contributed by atoms with van der Waals surface area (Å²) in [4.78, 5) is 47.6. The molecule has 0 aliphatic carbocycles. The minimum Gasteiger partial charge on any atom is -0.490 e. The van der Waals surface area contributed by atoms with Crippen LogP contribution in [0.3, 0.4) is 0 Å². The number of urea groups is 1. The Morgan fingerprint density at radius 1 is 1.00 bits per heavy atom. The number of fused-ring (bicyclic) bond motifs is 2. The van der Waals surface area contributed by atoms with Crippen molar-refractivity contribution in [3.63, 3.8) is 0 Å². The molecule has 0 fully saturated rings. The molecule has 5 rings (SSSR count). The molecule has 3 heterocycles. The van der Waals surface area contributed by atoms with Crippen LogP contribution in [-0.2, 0) is 4.74 Å². The molecule has 4 amide bonds. The maximum atomic E-state index is 14.4. The van der Waals surface area contributed by atoms with Gasteiger partial charge < -0.3 is 44.5 Å². The Morgan fingerprint density at radius 2 is 1.71 bits per heavy atom. The zero-order valence-electron chi connectivity index (χ0n) is 28.4. The number of hydrogen-bond acceptors (Lipinski definition) is 9. The largest absolute Gasteiger partial charge is 0.490 e. The molecule has 2 aliphatic rings. The second kappa shape index (κ2) is 16.5. The molecule has 0 bridgehead atoms. The molecule has 0 saturated heterocycles. The highest BCUT2D eigenvalue weighted by Crippen LogP contribution is 2.34. The zero-order chi connectivity index (χ0) is 34.9. The lowest BCUT2D eigenvalue weighted by atomic mass is 10.0. The van der Waals surface area contributed by atoms with Crippen LogP contribution in [0.25, 0.3) is 0 Å². The van der Waals surface area contributed by atoms with Crippen LogP contribution in [0, 0.1) is 5.92 Å².